The first-order chi connectivity index (χ1) is 9.13. The van der Waals surface area contributed by atoms with E-state index in [1.807, 2.05) is 23.6 Å². The topological polar surface area (TPSA) is 40.6 Å². The number of likely N-dealkylation sites (tertiary alicyclic amines) is 2. The molecule has 0 bridgehead atoms. The van der Waals surface area contributed by atoms with Crippen LogP contribution in [0, 0.1) is 11.8 Å². The Balaban J connectivity index is 1.93. The molecule has 0 radical (unpaired) electrons. The molecule has 2 amide bonds. The molecule has 2 atom stereocenters. The minimum Gasteiger partial charge on any atom is -0.342 e. The van der Waals surface area contributed by atoms with Crippen molar-refractivity contribution in [1.82, 2.24) is 9.80 Å². The second-order valence-electron chi connectivity index (χ2n) is 5.97. The van der Waals surface area contributed by atoms with Gasteiger partial charge in [-0.1, -0.05) is 13.8 Å². The van der Waals surface area contributed by atoms with Crippen molar-refractivity contribution in [2.45, 2.75) is 46.0 Å². The summed E-state index contributed by atoms with van der Waals surface area (Å²) < 4.78 is 0. The van der Waals surface area contributed by atoms with Gasteiger partial charge < -0.3 is 9.80 Å². The Kier molecular flexibility index (Phi) is 4.83. The Morgan fingerprint density at radius 3 is 2.37 bits per heavy atom. The van der Waals surface area contributed by atoms with Gasteiger partial charge in [0, 0.05) is 32.1 Å². The van der Waals surface area contributed by atoms with Gasteiger partial charge in [-0.05, 0) is 32.1 Å². The summed E-state index contributed by atoms with van der Waals surface area (Å²) in [6.07, 6.45) is 5.05. The lowest BCUT2D eigenvalue weighted by atomic mass is 9.95. The summed E-state index contributed by atoms with van der Waals surface area (Å²) in [5.41, 5.74) is 0. The smallest absolute Gasteiger partial charge is 0.227 e. The summed E-state index contributed by atoms with van der Waals surface area (Å²) in [5.74, 6) is 0.626. The first kappa shape index (κ1) is 14.4. The van der Waals surface area contributed by atoms with Crippen molar-refractivity contribution >= 4 is 11.8 Å². The molecule has 0 N–H and O–H groups in total. The third-order valence-electron chi connectivity index (χ3n) is 4.53. The molecule has 2 heterocycles. The molecule has 2 saturated heterocycles. The number of carbonyl (C=O) groups excluding carboxylic acids is 2. The summed E-state index contributed by atoms with van der Waals surface area (Å²) >= 11 is 0. The van der Waals surface area contributed by atoms with Crippen LogP contribution in [0.15, 0.2) is 0 Å². The fourth-order valence-corrected chi connectivity index (χ4v) is 3.06. The lowest BCUT2D eigenvalue weighted by molar-refractivity contribution is -0.142. The van der Waals surface area contributed by atoms with Gasteiger partial charge >= 0.3 is 0 Å². The number of nitrogens with zero attached hydrogens (tertiary/aromatic N) is 2. The summed E-state index contributed by atoms with van der Waals surface area (Å²) in [7, 11) is 0. The number of piperidine rings is 1. The highest BCUT2D eigenvalue weighted by atomic mass is 16.2. The maximum Gasteiger partial charge on any atom is 0.227 e. The van der Waals surface area contributed by atoms with Crippen LogP contribution in [-0.4, -0.2) is 47.8 Å². The maximum atomic E-state index is 12.4. The van der Waals surface area contributed by atoms with Crippen LogP contribution >= 0.6 is 0 Å². The van der Waals surface area contributed by atoms with E-state index in [0.29, 0.717) is 6.54 Å². The van der Waals surface area contributed by atoms with Gasteiger partial charge in [-0.15, -0.1) is 0 Å². The predicted molar refractivity (Wildman–Crippen MR) is 74.6 cm³/mol. The van der Waals surface area contributed by atoms with Gasteiger partial charge in [-0.3, -0.25) is 9.59 Å². The van der Waals surface area contributed by atoms with E-state index < -0.39 is 0 Å². The lowest BCUT2D eigenvalue weighted by Gasteiger charge is -2.35. The van der Waals surface area contributed by atoms with Gasteiger partial charge in [0.05, 0.1) is 5.92 Å². The van der Waals surface area contributed by atoms with Crippen LogP contribution in [0.2, 0.25) is 0 Å². The molecule has 19 heavy (non-hydrogen) atoms. The van der Waals surface area contributed by atoms with E-state index in [-0.39, 0.29) is 23.7 Å². The highest BCUT2D eigenvalue weighted by Gasteiger charge is 2.32. The highest BCUT2D eigenvalue weighted by Crippen LogP contribution is 2.22. The van der Waals surface area contributed by atoms with Gasteiger partial charge in [0.2, 0.25) is 11.8 Å². The minimum absolute atomic E-state index is 0.0415. The zero-order valence-corrected chi connectivity index (χ0v) is 12.2. The SMILES string of the molecule is CCC(C)C(=O)N1CCCC(C(=O)N2CCCC2)C1. The fraction of sp³-hybridized carbons (Fsp3) is 0.867. The van der Waals surface area contributed by atoms with E-state index >= 15 is 0 Å². The molecule has 2 fully saturated rings. The van der Waals surface area contributed by atoms with Crippen LogP contribution in [0.3, 0.4) is 0 Å². The van der Waals surface area contributed by atoms with Crippen molar-refractivity contribution in [2.24, 2.45) is 11.8 Å². The van der Waals surface area contributed by atoms with Gasteiger partial charge in [-0.2, -0.15) is 0 Å². The van der Waals surface area contributed by atoms with Crippen LogP contribution in [0.4, 0.5) is 0 Å². The fourth-order valence-electron chi connectivity index (χ4n) is 3.06. The third-order valence-corrected chi connectivity index (χ3v) is 4.53. The summed E-state index contributed by atoms with van der Waals surface area (Å²) in [6.45, 7) is 7.31. The zero-order chi connectivity index (χ0) is 13.8. The van der Waals surface area contributed by atoms with E-state index in [2.05, 4.69) is 0 Å². The van der Waals surface area contributed by atoms with E-state index in [1.165, 1.54) is 0 Å². The Morgan fingerprint density at radius 1 is 1.11 bits per heavy atom. The van der Waals surface area contributed by atoms with Crippen molar-refractivity contribution in [1.29, 1.82) is 0 Å². The molecule has 0 aliphatic carbocycles. The van der Waals surface area contributed by atoms with E-state index in [9.17, 15) is 9.59 Å². The molecule has 0 saturated carbocycles. The summed E-state index contributed by atoms with van der Waals surface area (Å²) in [6, 6.07) is 0. The Morgan fingerprint density at radius 2 is 1.74 bits per heavy atom. The third kappa shape index (κ3) is 3.28. The maximum absolute atomic E-state index is 12.4. The molecule has 2 rings (SSSR count). The van der Waals surface area contributed by atoms with E-state index in [4.69, 9.17) is 0 Å². The molecule has 4 nitrogen and oxygen atoms in total. The predicted octanol–water partition coefficient (Wildman–Crippen LogP) is 1.89. The monoisotopic (exact) mass is 266 g/mol. The average Bonchev–Trinajstić information content (AvgIpc) is 2.99. The Bertz CT molecular complexity index is 337. The molecule has 2 aliphatic rings. The second-order valence-corrected chi connectivity index (χ2v) is 5.97. The Hall–Kier alpha value is -1.06. The first-order valence-electron chi connectivity index (χ1n) is 7.71. The molecule has 0 spiro atoms. The van der Waals surface area contributed by atoms with Crippen LogP contribution in [0.5, 0.6) is 0 Å². The van der Waals surface area contributed by atoms with Gasteiger partial charge in [0.25, 0.3) is 0 Å². The molecule has 2 aliphatic heterocycles. The molecule has 0 aromatic heterocycles. The molecule has 0 aromatic carbocycles. The van der Waals surface area contributed by atoms with E-state index in [0.717, 1.165) is 51.7 Å². The molecule has 2 unspecified atom stereocenters. The number of amides is 2. The van der Waals surface area contributed by atoms with Crippen molar-refractivity contribution < 1.29 is 9.59 Å². The summed E-state index contributed by atoms with van der Waals surface area (Å²) in [4.78, 5) is 28.5. The molecular weight excluding hydrogens is 240 g/mol. The van der Waals surface area contributed by atoms with Gasteiger partial charge in [0.15, 0.2) is 0 Å². The number of hydrogen-bond acceptors (Lipinski definition) is 2. The number of carbonyl (C=O) groups is 2. The van der Waals surface area contributed by atoms with Gasteiger partial charge in [-0.25, -0.2) is 0 Å². The van der Waals surface area contributed by atoms with E-state index in [1.54, 1.807) is 0 Å². The second kappa shape index (κ2) is 6.40. The largest absolute Gasteiger partial charge is 0.342 e. The van der Waals surface area contributed by atoms with Crippen LogP contribution in [-0.2, 0) is 9.59 Å². The van der Waals surface area contributed by atoms with Gasteiger partial charge in [0.1, 0.15) is 0 Å². The summed E-state index contributed by atoms with van der Waals surface area (Å²) in [5, 5.41) is 0. The van der Waals surface area contributed by atoms with Crippen LogP contribution in [0.1, 0.15) is 46.0 Å². The lowest BCUT2D eigenvalue weighted by Crippen LogP contribution is -2.47. The van der Waals surface area contributed by atoms with Crippen molar-refractivity contribution in [2.75, 3.05) is 26.2 Å². The molecule has 108 valence electrons. The molecule has 0 aromatic rings. The molecule has 4 heteroatoms. The first-order valence-corrected chi connectivity index (χ1v) is 7.71. The van der Waals surface area contributed by atoms with Crippen LogP contribution in [0.25, 0.3) is 0 Å². The van der Waals surface area contributed by atoms with Crippen molar-refractivity contribution in [3.05, 3.63) is 0 Å². The minimum atomic E-state index is 0.0415. The standard InChI is InChI=1S/C15H26N2O2/c1-3-12(2)14(18)17-10-6-7-13(11-17)15(19)16-8-4-5-9-16/h12-13H,3-11H2,1-2H3. The zero-order valence-electron chi connectivity index (χ0n) is 12.2. The van der Waals surface area contributed by atoms with Crippen LogP contribution < -0.4 is 0 Å². The normalized spacial score (nSPS) is 25.5. The Labute approximate surface area is 116 Å². The quantitative estimate of drug-likeness (QED) is 0.782. The van der Waals surface area contributed by atoms with Crippen molar-refractivity contribution in [3.63, 3.8) is 0 Å². The highest BCUT2D eigenvalue weighted by molar-refractivity contribution is 5.82. The average molecular weight is 266 g/mol. The van der Waals surface area contributed by atoms with Crippen molar-refractivity contribution in [3.8, 4) is 0 Å². The number of hydrogen-bond donors (Lipinski definition) is 0. The molecular formula is C15H26N2O2. The number of rotatable bonds is 3.